The maximum Gasteiger partial charge on any atom is 0.129 e. The first-order chi connectivity index (χ1) is 8.83. The highest BCUT2D eigenvalue weighted by Crippen LogP contribution is 2.29. The molecule has 2 aromatic heterocycles. The topological polar surface area (TPSA) is 34.4 Å². The second-order valence-electron chi connectivity index (χ2n) is 4.18. The first-order valence-electron chi connectivity index (χ1n) is 6.21. The Balaban J connectivity index is 2.08. The highest BCUT2D eigenvalue weighted by molar-refractivity contribution is 7.10. The number of thiophene rings is 1. The summed E-state index contributed by atoms with van der Waals surface area (Å²) in [7, 11) is 1.70. The van der Waals surface area contributed by atoms with Crippen molar-refractivity contribution in [1.29, 1.82) is 0 Å². The smallest absolute Gasteiger partial charge is 0.129 e. The van der Waals surface area contributed by atoms with Crippen molar-refractivity contribution >= 4 is 11.3 Å². The van der Waals surface area contributed by atoms with Gasteiger partial charge in [0.2, 0.25) is 0 Å². The van der Waals surface area contributed by atoms with Crippen LogP contribution in [0.4, 0.5) is 0 Å². The minimum atomic E-state index is 0.296. The predicted octanol–water partition coefficient (Wildman–Crippen LogP) is 3.63. The molecule has 2 rings (SSSR count). The van der Waals surface area contributed by atoms with E-state index in [1.807, 2.05) is 17.5 Å². The van der Waals surface area contributed by atoms with Crippen LogP contribution >= 0.6 is 11.3 Å². The molecule has 0 radical (unpaired) electrons. The first kappa shape index (κ1) is 13.2. The molecular formula is C14H19NO2S. The lowest BCUT2D eigenvalue weighted by Crippen LogP contribution is -2.23. The molecule has 0 saturated heterocycles. The Morgan fingerprint density at radius 2 is 2.39 bits per heavy atom. The molecule has 2 aromatic rings. The van der Waals surface area contributed by atoms with Crippen LogP contribution in [0.3, 0.4) is 0 Å². The Hall–Kier alpha value is -1.26. The molecule has 98 valence electrons. The summed E-state index contributed by atoms with van der Waals surface area (Å²) in [5, 5.41) is 5.60. The summed E-state index contributed by atoms with van der Waals surface area (Å²) in [6.07, 6.45) is 3.72. The summed E-state index contributed by atoms with van der Waals surface area (Å²) in [5.41, 5.74) is 0. The molecule has 1 atom stereocenters. The van der Waals surface area contributed by atoms with Gasteiger partial charge in [-0.25, -0.2) is 0 Å². The molecule has 3 nitrogen and oxygen atoms in total. The van der Waals surface area contributed by atoms with Crippen LogP contribution in [0.1, 0.15) is 30.0 Å². The maximum atomic E-state index is 5.43. The second kappa shape index (κ2) is 6.61. The number of nitrogens with one attached hydrogen (secondary N) is 1. The lowest BCUT2D eigenvalue weighted by atomic mass is 10.1. The standard InChI is InChI=1S/C14H19NO2S/c1-3-6-15-13(8-11-5-4-7-17-11)14-9-12(16-2)10-18-14/h4-5,7,9-10,13,15H,3,6,8H2,1-2H3. The van der Waals surface area contributed by atoms with E-state index < -0.39 is 0 Å². The zero-order chi connectivity index (χ0) is 12.8. The Morgan fingerprint density at radius 1 is 1.50 bits per heavy atom. The van der Waals surface area contributed by atoms with Crippen LogP contribution in [0.25, 0.3) is 0 Å². The van der Waals surface area contributed by atoms with Gasteiger partial charge >= 0.3 is 0 Å². The van der Waals surface area contributed by atoms with Gasteiger partial charge in [0.1, 0.15) is 11.5 Å². The highest BCUT2D eigenvalue weighted by atomic mass is 32.1. The van der Waals surface area contributed by atoms with Gasteiger partial charge in [-0.2, -0.15) is 0 Å². The molecule has 1 N–H and O–H groups in total. The third-order valence-corrected chi connectivity index (χ3v) is 3.83. The fourth-order valence-corrected chi connectivity index (χ4v) is 2.78. The molecule has 0 aliphatic carbocycles. The minimum absolute atomic E-state index is 0.296. The van der Waals surface area contributed by atoms with Crippen molar-refractivity contribution in [2.45, 2.75) is 25.8 Å². The molecule has 0 saturated carbocycles. The van der Waals surface area contributed by atoms with Crippen molar-refractivity contribution in [2.24, 2.45) is 0 Å². The van der Waals surface area contributed by atoms with E-state index in [4.69, 9.17) is 9.15 Å². The number of furan rings is 1. The van der Waals surface area contributed by atoms with E-state index in [2.05, 4.69) is 18.3 Å². The molecule has 0 fully saturated rings. The molecule has 0 aromatic carbocycles. The summed E-state index contributed by atoms with van der Waals surface area (Å²) in [5.74, 6) is 1.94. The molecule has 0 spiro atoms. The van der Waals surface area contributed by atoms with E-state index in [1.165, 1.54) is 4.88 Å². The molecular weight excluding hydrogens is 246 g/mol. The predicted molar refractivity (Wildman–Crippen MR) is 74.3 cm³/mol. The average molecular weight is 265 g/mol. The van der Waals surface area contributed by atoms with Gasteiger partial charge in [0.25, 0.3) is 0 Å². The molecule has 2 heterocycles. The summed E-state index contributed by atoms with van der Waals surface area (Å²) in [6, 6.07) is 6.35. The third kappa shape index (κ3) is 3.37. The average Bonchev–Trinajstić information content (AvgIpc) is 3.05. The van der Waals surface area contributed by atoms with Crippen LogP contribution in [-0.2, 0) is 6.42 Å². The molecule has 0 aliphatic heterocycles. The molecule has 0 aliphatic rings. The number of hydrogen-bond donors (Lipinski definition) is 1. The van der Waals surface area contributed by atoms with Crippen molar-refractivity contribution in [3.8, 4) is 5.75 Å². The lowest BCUT2D eigenvalue weighted by molar-refractivity contribution is 0.414. The van der Waals surface area contributed by atoms with Crippen molar-refractivity contribution in [3.05, 3.63) is 40.5 Å². The van der Waals surface area contributed by atoms with E-state index in [0.29, 0.717) is 6.04 Å². The molecule has 4 heteroatoms. The van der Waals surface area contributed by atoms with E-state index in [9.17, 15) is 0 Å². The summed E-state index contributed by atoms with van der Waals surface area (Å²) in [4.78, 5) is 1.29. The van der Waals surface area contributed by atoms with Crippen LogP contribution < -0.4 is 10.1 Å². The monoisotopic (exact) mass is 265 g/mol. The SMILES string of the molecule is CCCNC(Cc1ccco1)c1cc(OC)cs1. The van der Waals surface area contributed by atoms with Gasteiger partial charge in [-0.15, -0.1) is 11.3 Å². The Morgan fingerprint density at radius 3 is 3.00 bits per heavy atom. The van der Waals surface area contributed by atoms with Crippen molar-refractivity contribution in [2.75, 3.05) is 13.7 Å². The van der Waals surface area contributed by atoms with Crippen LogP contribution in [0, 0.1) is 0 Å². The zero-order valence-electron chi connectivity index (χ0n) is 10.8. The van der Waals surface area contributed by atoms with Gasteiger partial charge in [-0.3, -0.25) is 0 Å². The van der Waals surface area contributed by atoms with Gasteiger partial charge in [0, 0.05) is 22.7 Å². The van der Waals surface area contributed by atoms with Crippen molar-refractivity contribution in [1.82, 2.24) is 5.32 Å². The van der Waals surface area contributed by atoms with E-state index in [0.717, 1.165) is 30.9 Å². The quantitative estimate of drug-likeness (QED) is 0.830. The van der Waals surface area contributed by atoms with Crippen LogP contribution in [0.5, 0.6) is 5.75 Å². The van der Waals surface area contributed by atoms with Gasteiger partial charge in [0.05, 0.1) is 13.4 Å². The Labute approximate surface area is 112 Å². The normalized spacial score (nSPS) is 12.6. The van der Waals surface area contributed by atoms with Crippen LogP contribution in [0.2, 0.25) is 0 Å². The fraction of sp³-hybridized carbons (Fsp3) is 0.429. The molecule has 1 unspecified atom stereocenters. The number of methoxy groups -OCH3 is 1. The van der Waals surface area contributed by atoms with E-state index in [-0.39, 0.29) is 0 Å². The highest BCUT2D eigenvalue weighted by Gasteiger charge is 2.15. The molecule has 0 amide bonds. The fourth-order valence-electron chi connectivity index (χ4n) is 1.85. The number of hydrogen-bond acceptors (Lipinski definition) is 4. The summed E-state index contributed by atoms with van der Waals surface area (Å²) >= 11 is 1.73. The number of ether oxygens (including phenoxy) is 1. The molecule has 18 heavy (non-hydrogen) atoms. The Bertz CT molecular complexity index is 450. The van der Waals surface area contributed by atoms with Gasteiger partial charge in [-0.05, 0) is 31.2 Å². The lowest BCUT2D eigenvalue weighted by Gasteiger charge is -2.15. The minimum Gasteiger partial charge on any atom is -0.496 e. The Kier molecular flexibility index (Phi) is 4.84. The van der Waals surface area contributed by atoms with Crippen molar-refractivity contribution in [3.63, 3.8) is 0 Å². The van der Waals surface area contributed by atoms with E-state index >= 15 is 0 Å². The number of rotatable bonds is 7. The maximum absolute atomic E-state index is 5.43. The summed E-state index contributed by atoms with van der Waals surface area (Å²) < 4.78 is 10.7. The van der Waals surface area contributed by atoms with Crippen molar-refractivity contribution < 1.29 is 9.15 Å². The third-order valence-electron chi connectivity index (χ3n) is 2.80. The zero-order valence-corrected chi connectivity index (χ0v) is 11.6. The first-order valence-corrected chi connectivity index (χ1v) is 7.09. The second-order valence-corrected chi connectivity index (χ2v) is 5.12. The van der Waals surface area contributed by atoms with Gasteiger partial charge in [-0.1, -0.05) is 6.92 Å². The summed E-state index contributed by atoms with van der Waals surface area (Å²) in [6.45, 7) is 3.18. The van der Waals surface area contributed by atoms with Gasteiger partial charge < -0.3 is 14.5 Å². The van der Waals surface area contributed by atoms with Gasteiger partial charge in [0.15, 0.2) is 0 Å². The van der Waals surface area contributed by atoms with Crippen LogP contribution in [-0.4, -0.2) is 13.7 Å². The van der Waals surface area contributed by atoms with Crippen LogP contribution in [0.15, 0.2) is 34.3 Å². The molecule has 0 bridgehead atoms. The largest absolute Gasteiger partial charge is 0.496 e. The van der Waals surface area contributed by atoms with E-state index in [1.54, 1.807) is 24.7 Å².